The molecule has 24 radical (unpaired) electrons. The smallest absolute Gasteiger partial charge is 0.110 e. The van der Waals surface area contributed by atoms with Gasteiger partial charge in [0.25, 0.3) is 0 Å². The molecule has 0 saturated carbocycles. The number of benzene rings is 9. The van der Waals surface area contributed by atoms with Crippen molar-refractivity contribution in [2.45, 2.75) is 0 Å². The largest absolute Gasteiger partial charge is 0.113 e. The molecule has 0 atom stereocenters. The predicted molar refractivity (Wildman–Crippen MR) is 255 cm³/mol. The summed E-state index contributed by atoms with van der Waals surface area (Å²) >= 11 is 0. The van der Waals surface area contributed by atoms with Crippen LogP contribution in [0.4, 0.5) is 0 Å². The van der Waals surface area contributed by atoms with E-state index < -0.39 is 0 Å². The van der Waals surface area contributed by atoms with Gasteiger partial charge in [0.2, 0.25) is 0 Å². The molecule has 0 spiro atoms. The van der Waals surface area contributed by atoms with E-state index in [2.05, 4.69) is 18.2 Å². The summed E-state index contributed by atoms with van der Waals surface area (Å²) in [6.07, 6.45) is 0. The molecule has 9 aromatic rings. The molecule has 0 aliphatic rings. The third-order valence-electron chi connectivity index (χ3n) is 11.3. The predicted octanol–water partition coefficient (Wildman–Crippen LogP) is -2.02. The molecule has 0 aliphatic heterocycles. The molecule has 56 heavy (non-hydrogen) atoms. The van der Waals surface area contributed by atoms with Crippen LogP contribution in [0.25, 0.3) is 87.2 Å². The molecule has 0 aromatic heterocycles. The lowest BCUT2D eigenvalue weighted by molar-refractivity contribution is 1.72. The first-order chi connectivity index (χ1) is 26.8. The second kappa shape index (κ2) is 13.3. The van der Waals surface area contributed by atoms with Gasteiger partial charge in [-0.2, -0.15) is 0 Å². The van der Waals surface area contributed by atoms with Crippen molar-refractivity contribution >= 4 is 214 Å². The first-order valence-electron chi connectivity index (χ1n) is 17.8. The van der Waals surface area contributed by atoms with E-state index in [1.165, 1.54) is 0 Å². The average Bonchev–Trinajstić information content (AvgIpc) is 3.22. The first-order valence-corrected chi connectivity index (χ1v) is 17.8. The van der Waals surface area contributed by atoms with Crippen LogP contribution in [0.5, 0.6) is 0 Å². The van der Waals surface area contributed by atoms with E-state index in [9.17, 15) is 0 Å². The lowest BCUT2D eigenvalue weighted by Gasteiger charge is -2.31. The van der Waals surface area contributed by atoms with Gasteiger partial charge >= 0.3 is 0 Å². The van der Waals surface area contributed by atoms with Gasteiger partial charge in [-0.1, -0.05) is 135 Å². The minimum Gasteiger partial charge on any atom is -0.110 e. The van der Waals surface area contributed by atoms with E-state index in [1.54, 1.807) is 0 Å². The molecule has 0 amide bonds. The zero-order valence-corrected chi connectivity index (χ0v) is 30.2. The summed E-state index contributed by atoms with van der Waals surface area (Å²) in [5.74, 6) is 0. The van der Waals surface area contributed by atoms with Crippen LogP contribution in [0, 0.1) is 0 Å². The molecule has 0 nitrogen and oxygen atoms in total. The summed E-state index contributed by atoms with van der Waals surface area (Å²) in [7, 11) is 83.2. The van der Waals surface area contributed by atoms with E-state index in [4.69, 9.17) is 94.2 Å². The van der Waals surface area contributed by atoms with Crippen molar-refractivity contribution in [1.82, 2.24) is 0 Å². The molecule has 228 valence electrons. The summed E-state index contributed by atoms with van der Waals surface area (Å²) in [6.45, 7) is 0. The number of hydrogen-bond acceptors (Lipinski definition) is 0. The maximum Gasteiger partial charge on any atom is 0.113 e. The molecule has 0 fully saturated rings. The van der Waals surface area contributed by atoms with E-state index in [1.807, 2.05) is 78.9 Å². The van der Waals surface area contributed by atoms with Gasteiger partial charge in [0.05, 0.1) is 0 Å². The SMILES string of the molecule is [B]c1c([B])c(-c2c3c([B])c([B])c([B])c([B])c3c(-c3cc4ccccc4c4ccccc34)c3c([B])c([B])c([B])c([B])c23)c([B])c([B])c1-c1cccc2ccccc12. The summed E-state index contributed by atoms with van der Waals surface area (Å²) in [4.78, 5) is 0. The van der Waals surface area contributed by atoms with Crippen molar-refractivity contribution in [2.24, 2.45) is 0 Å². The Kier molecular flexibility index (Phi) is 8.73. The molecular formula is C44H16B12. The molecule has 0 heterocycles. The Hall–Kier alpha value is -4.94. The van der Waals surface area contributed by atoms with E-state index in [0.29, 0.717) is 38.2 Å². The molecule has 9 aromatic carbocycles. The minimum absolute atomic E-state index is 0.0466. The van der Waals surface area contributed by atoms with Crippen LogP contribution in [-0.4, -0.2) is 94.2 Å². The van der Waals surface area contributed by atoms with Crippen LogP contribution in [0.1, 0.15) is 0 Å². The fourth-order valence-corrected chi connectivity index (χ4v) is 8.56. The lowest BCUT2D eigenvalue weighted by Crippen LogP contribution is -2.50. The summed E-state index contributed by atoms with van der Waals surface area (Å²) in [5, 5.41) is 7.28. The van der Waals surface area contributed by atoms with Gasteiger partial charge in [-0.3, -0.25) is 0 Å². The van der Waals surface area contributed by atoms with Gasteiger partial charge in [0.15, 0.2) is 0 Å². The molecule has 0 bridgehead atoms. The quantitative estimate of drug-likeness (QED) is 0.116. The maximum absolute atomic E-state index is 7.13. The van der Waals surface area contributed by atoms with Crippen molar-refractivity contribution in [3.05, 3.63) is 97.1 Å². The Morgan fingerprint density at radius 2 is 0.625 bits per heavy atom. The monoisotopic (exact) mass is 676 g/mol. The summed E-state index contributed by atoms with van der Waals surface area (Å²) in [5.41, 5.74) is 4.36. The number of rotatable bonds is 3. The summed E-state index contributed by atoms with van der Waals surface area (Å²) < 4.78 is 0. The van der Waals surface area contributed by atoms with Crippen LogP contribution in [0.3, 0.4) is 0 Å². The van der Waals surface area contributed by atoms with Crippen molar-refractivity contribution in [1.29, 1.82) is 0 Å². The molecule has 0 saturated heterocycles. The fourth-order valence-electron chi connectivity index (χ4n) is 8.56. The zero-order valence-electron chi connectivity index (χ0n) is 30.2. The van der Waals surface area contributed by atoms with Gasteiger partial charge in [0.1, 0.15) is 94.2 Å². The Labute approximate surface area is 342 Å². The second-order valence-corrected chi connectivity index (χ2v) is 14.2. The third-order valence-corrected chi connectivity index (χ3v) is 11.3. The van der Waals surface area contributed by atoms with Gasteiger partial charge in [-0.25, -0.2) is 0 Å². The summed E-state index contributed by atoms with van der Waals surface area (Å²) in [6, 6.07) is 31.8. The van der Waals surface area contributed by atoms with E-state index >= 15 is 0 Å². The molecule has 0 aliphatic carbocycles. The molecule has 12 heteroatoms. The van der Waals surface area contributed by atoms with Crippen LogP contribution >= 0.6 is 0 Å². The van der Waals surface area contributed by atoms with Crippen LogP contribution in [0.15, 0.2) is 97.1 Å². The van der Waals surface area contributed by atoms with Crippen LogP contribution in [0.2, 0.25) is 0 Å². The molecule has 9 rings (SSSR count). The van der Waals surface area contributed by atoms with Crippen LogP contribution in [-0.2, 0) is 0 Å². The van der Waals surface area contributed by atoms with Crippen molar-refractivity contribution < 1.29 is 0 Å². The highest BCUT2D eigenvalue weighted by Crippen LogP contribution is 2.44. The highest BCUT2D eigenvalue weighted by Gasteiger charge is 2.28. The highest BCUT2D eigenvalue weighted by atomic mass is 14.3. The van der Waals surface area contributed by atoms with Crippen molar-refractivity contribution in [2.75, 3.05) is 0 Å². The fraction of sp³-hybridized carbons (Fsp3) is 0. The van der Waals surface area contributed by atoms with E-state index in [-0.39, 0.29) is 71.1 Å². The highest BCUT2D eigenvalue weighted by molar-refractivity contribution is 6.72. The van der Waals surface area contributed by atoms with Gasteiger partial charge in [-0.15, -0.1) is 21.9 Å². The standard InChI is InChI=1S/C44H16B12/c45-33-26(23-15-7-10-17-8-1-3-11-19(17)23)34(46)40(52)32(39(33)51)27-30-28(35(47)41(53)43(55)37(30)49)25(29-31(27)38(50)44(56)42(54)36(29)48)24-16-18-9-2-4-12-20(18)21-13-5-6-14-22(21)24/h1-16H. The Balaban J connectivity index is 1.56. The average molecular weight is 674 g/mol. The topological polar surface area (TPSA) is 0 Å². The normalized spacial score (nSPS) is 11.7. The first kappa shape index (κ1) is 36.7. The van der Waals surface area contributed by atoms with Crippen LogP contribution < -0.4 is 65.6 Å². The number of hydrogen-bond donors (Lipinski definition) is 0. The van der Waals surface area contributed by atoms with E-state index in [0.717, 1.165) is 43.4 Å². The Morgan fingerprint density at radius 3 is 1.16 bits per heavy atom. The maximum atomic E-state index is 7.13. The second-order valence-electron chi connectivity index (χ2n) is 14.2. The Morgan fingerprint density at radius 1 is 0.232 bits per heavy atom. The van der Waals surface area contributed by atoms with Gasteiger partial charge in [0, 0.05) is 0 Å². The third kappa shape index (κ3) is 5.03. The van der Waals surface area contributed by atoms with Crippen molar-refractivity contribution in [3.63, 3.8) is 0 Å². The zero-order chi connectivity index (χ0) is 39.5. The lowest BCUT2D eigenvalue weighted by atomic mass is 9.57. The molecule has 0 unspecified atom stereocenters. The molecular weight excluding hydrogens is 658 g/mol. The molecule has 0 N–H and O–H groups in total. The van der Waals surface area contributed by atoms with Gasteiger partial charge < -0.3 is 0 Å². The minimum atomic E-state index is 0.0466. The van der Waals surface area contributed by atoms with Crippen molar-refractivity contribution in [3.8, 4) is 33.4 Å². The number of fused-ring (bicyclic) bond motifs is 6. The Bertz CT molecular complexity index is 3110. The van der Waals surface area contributed by atoms with Gasteiger partial charge in [-0.05, 0) is 93.3 Å².